The summed E-state index contributed by atoms with van der Waals surface area (Å²) in [5, 5.41) is 11.7. The van der Waals surface area contributed by atoms with Crippen LogP contribution in [0.1, 0.15) is 25.8 Å². The van der Waals surface area contributed by atoms with E-state index in [4.69, 9.17) is 4.98 Å². The Bertz CT molecular complexity index is 2050. The summed E-state index contributed by atoms with van der Waals surface area (Å²) in [4.78, 5) is 17.2. The number of imidazole rings is 1. The summed E-state index contributed by atoms with van der Waals surface area (Å²) >= 11 is 0. The summed E-state index contributed by atoms with van der Waals surface area (Å²) in [5.41, 5.74) is 7.16. The van der Waals surface area contributed by atoms with Crippen LogP contribution >= 0.6 is 0 Å². The molecular formula is C31H31FN8O2S. The first-order valence-electron chi connectivity index (χ1n) is 13.9. The van der Waals surface area contributed by atoms with Crippen molar-refractivity contribution in [1.29, 1.82) is 0 Å². The van der Waals surface area contributed by atoms with E-state index in [1.165, 1.54) is 12.1 Å². The number of aromatic nitrogens is 6. The largest absolute Gasteiger partial charge is 0.384 e. The monoisotopic (exact) mass is 598 g/mol. The third kappa shape index (κ3) is 6.40. The van der Waals surface area contributed by atoms with E-state index in [1.54, 1.807) is 12.3 Å². The van der Waals surface area contributed by atoms with Gasteiger partial charge in [-0.3, -0.25) is 10.1 Å². The van der Waals surface area contributed by atoms with Crippen molar-refractivity contribution in [1.82, 2.24) is 34.9 Å². The maximum Gasteiger partial charge on any atom is 0.209 e. The zero-order chi connectivity index (χ0) is 30.1. The highest BCUT2D eigenvalue weighted by Crippen LogP contribution is 2.33. The molecule has 43 heavy (non-hydrogen) atoms. The molecule has 0 radical (unpaired) electrons. The van der Waals surface area contributed by atoms with Crippen molar-refractivity contribution >= 4 is 37.8 Å². The maximum atomic E-state index is 14.6. The van der Waals surface area contributed by atoms with E-state index < -0.39 is 15.8 Å². The Kier molecular flexibility index (Phi) is 7.63. The second-order valence-corrected chi connectivity index (χ2v) is 12.8. The van der Waals surface area contributed by atoms with Crippen LogP contribution in [0.5, 0.6) is 0 Å². The van der Waals surface area contributed by atoms with Gasteiger partial charge in [0.05, 0.1) is 28.4 Å². The molecule has 4 heterocycles. The van der Waals surface area contributed by atoms with E-state index in [0.717, 1.165) is 46.9 Å². The molecule has 0 amide bonds. The van der Waals surface area contributed by atoms with Crippen molar-refractivity contribution in [2.24, 2.45) is 5.92 Å². The van der Waals surface area contributed by atoms with E-state index in [2.05, 4.69) is 55.1 Å². The molecule has 0 aliphatic rings. The van der Waals surface area contributed by atoms with Crippen LogP contribution in [0.2, 0.25) is 0 Å². The zero-order valence-corrected chi connectivity index (χ0v) is 24.8. The Hall–Kier alpha value is -4.68. The third-order valence-electron chi connectivity index (χ3n) is 7.09. The Labute approximate surface area is 248 Å². The van der Waals surface area contributed by atoms with E-state index in [9.17, 15) is 12.8 Å². The first-order valence-corrected chi connectivity index (χ1v) is 15.8. The van der Waals surface area contributed by atoms with E-state index >= 15 is 0 Å². The number of nitrogens with one attached hydrogen (secondary N) is 4. The SMILES string of the molecule is CC(C)CCNc1cncc(-c2cnc3n[nH]c(-c4nc5c(-c6cc(F)cc(CNS(C)(=O)=O)c6)cccc5[nH]4)c3c2)c1. The number of fused-ring (bicyclic) bond motifs is 2. The highest BCUT2D eigenvalue weighted by molar-refractivity contribution is 7.88. The lowest BCUT2D eigenvalue weighted by molar-refractivity contribution is 0.586. The van der Waals surface area contributed by atoms with Crippen LogP contribution in [0.25, 0.3) is 55.8 Å². The number of benzene rings is 2. The zero-order valence-electron chi connectivity index (χ0n) is 23.9. The molecule has 4 aromatic heterocycles. The highest BCUT2D eigenvalue weighted by atomic mass is 32.2. The predicted molar refractivity (Wildman–Crippen MR) is 167 cm³/mol. The van der Waals surface area contributed by atoms with Gasteiger partial charge < -0.3 is 10.3 Å². The van der Waals surface area contributed by atoms with Gasteiger partial charge in [0, 0.05) is 48.4 Å². The quantitative estimate of drug-likeness (QED) is 0.154. The first kappa shape index (κ1) is 28.4. The maximum absolute atomic E-state index is 14.6. The van der Waals surface area contributed by atoms with Crippen molar-refractivity contribution in [3.63, 3.8) is 0 Å². The molecule has 0 bridgehead atoms. The molecule has 6 aromatic rings. The molecule has 4 N–H and O–H groups in total. The number of hydrogen-bond donors (Lipinski definition) is 4. The van der Waals surface area contributed by atoms with Gasteiger partial charge in [0.1, 0.15) is 11.5 Å². The van der Waals surface area contributed by atoms with Gasteiger partial charge in [0.15, 0.2) is 11.5 Å². The number of pyridine rings is 2. The van der Waals surface area contributed by atoms with Gasteiger partial charge in [-0.05, 0) is 59.9 Å². The smallest absolute Gasteiger partial charge is 0.209 e. The fourth-order valence-corrected chi connectivity index (χ4v) is 5.37. The van der Waals surface area contributed by atoms with Crippen molar-refractivity contribution in [3.8, 4) is 33.8 Å². The highest BCUT2D eigenvalue weighted by Gasteiger charge is 2.17. The van der Waals surface area contributed by atoms with Crippen LogP contribution in [0, 0.1) is 11.7 Å². The van der Waals surface area contributed by atoms with E-state index in [1.807, 2.05) is 36.7 Å². The summed E-state index contributed by atoms with van der Waals surface area (Å²) in [6.45, 7) is 5.24. The van der Waals surface area contributed by atoms with Crippen LogP contribution in [0.15, 0.2) is 67.1 Å². The number of H-pyrrole nitrogens is 2. The lowest BCUT2D eigenvalue weighted by atomic mass is 10.0. The van der Waals surface area contributed by atoms with Gasteiger partial charge in [-0.15, -0.1) is 0 Å². The van der Waals surface area contributed by atoms with Crippen LogP contribution in [-0.2, 0) is 16.6 Å². The first-order chi connectivity index (χ1) is 20.6. The summed E-state index contributed by atoms with van der Waals surface area (Å²) in [6, 6.07) is 14.2. The number of halogens is 1. The van der Waals surface area contributed by atoms with Crippen molar-refractivity contribution in [3.05, 3.63) is 78.5 Å². The molecule has 6 rings (SSSR count). The van der Waals surface area contributed by atoms with Gasteiger partial charge in [-0.1, -0.05) is 26.0 Å². The molecule has 0 aliphatic heterocycles. The molecule has 0 saturated carbocycles. The second kappa shape index (κ2) is 11.5. The molecule has 0 unspecified atom stereocenters. The average molecular weight is 599 g/mol. The van der Waals surface area contributed by atoms with Crippen LogP contribution in [0.4, 0.5) is 10.1 Å². The molecule has 2 aromatic carbocycles. The number of nitrogens with zero attached hydrogens (tertiary/aromatic N) is 4. The van der Waals surface area contributed by atoms with Gasteiger partial charge in [0.25, 0.3) is 0 Å². The summed E-state index contributed by atoms with van der Waals surface area (Å²) < 4.78 is 40.1. The average Bonchev–Trinajstić information content (AvgIpc) is 3.59. The van der Waals surface area contributed by atoms with Gasteiger partial charge in [0.2, 0.25) is 10.0 Å². The van der Waals surface area contributed by atoms with Crippen LogP contribution < -0.4 is 10.0 Å². The number of rotatable bonds is 10. The number of aromatic amines is 2. The number of sulfonamides is 1. The number of para-hydroxylation sites is 1. The minimum Gasteiger partial charge on any atom is -0.384 e. The molecule has 0 saturated heterocycles. The number of anilines is 1. The lowest BCUT2D eigenvalue weighted by Gasteiger charge is -2.09. The van der Waals surface area contributed by atoms with Crippen molar-refractivity contribution in [2.45, 2.75) is 26.8 Å². The summed E-state index contributed by atoms with van der Waals surface area (Å²) in [6.07, 6.45) is 7.53. The Morgan fingerprint density at radius 1 is 1.00 bits per heavy atom. The molecule has 0 spiro atoms. The molecule has 0 atom stereocenters. The minimum atomic E-state index is -3.43. The molecule has 10 nitrogen and oxygen atoms in total. The normalized spacial score (nSPS) is 12.0. The molecule has 12 heteroatoms. The third-order valence-corrected chi connectivity index (χ3v) is 7.76. The van der Waals surface area contributed by atoms with Gasteiger partial charge in [-0.25, -0.2) is 27.5 Å². The Morgan fingerprint density at radius 2 is 1.84 bits per heavy atom. The molecule has 220 valence electrons. The van der Waals surface area contributed by atoms with Gasteiger partial charge in [-0.2, -0.15) is 5.10 Å². The molecular weight excluding hydrogens is 567 g/mol. The summed E-state index contributed by atoms with van der Waals surface area (Å²) in [7, 11) is -3.43. The second-order valence-electron chi connectivity index (χ2n) is 11.0. The number of hydrogen-bond acceptors (Lipinski definition) is 7. The molecule has 0 aliphatic carbocycles. The lowest BCUT2D eigenvalue weighted by Crippen LogP contribution is -2.21. The van der Waals surface area contributed by atoms with Crippen molar-refractivity contribution in [2.75, 3.05) is 18.1 Å². The van der Waals surface area contributed by atoms with Crippen LogP contribution in [0.3, 0.4) is 0 Å². The fourth-order valence-electron chi connectivity index (χ4n) is 4.94. The molecule has 0 fully saturated rings. The summed E-state index contributed by atoms with van der Waals surface area (Å²) in [5.74, 6) is 0.698. The van der Waals surface area contributed by atoms with Gasteiger partial charge >= 0.3 is 0 Å². The van der Waals surface area contributed by atoms with E-state index in [-0.39, 0.29) is 6.54 Å². The predicted octanol–water partition coefficient (Wildman–Crippen LogP) is 5.88. The Balaban J connectivity index is 1.35. The fraction of sp³-hybridized carbons (Fsp3) is 0.226. The topological polar surface area (TPSA) is 141 Å². The minimum absolute atomic E-state index is 0.0205. The standard InChI is InChI=1S/C31H31FN8O2S/c1-18(2)7-8-34-24-12-21(15-33-17-24)22-13-26-29(39-40-30(26)35-16-22)31-37-27-6-4-5-25(28(27)38-31)20-9-19(10-23(32)11-20)14-36-43(3,41)42/h4-6,9-13,15-18,34,36H,7-8,14H2,1-3H3,(H,37,38)(H,35,39,40). The Morgan fingerprint density at radius 3 is 2.65 bits per heavy atom. The van der Waals surface area contributed by atoms with Crippen LogP contribution in [-0.4, -0.2) is 51.4 Å². The van der Waals surface area contributed by atoms with E-state index in [0.29, 0.717) is 45.3 Å². The van der Waals surface area contributed by atoms with Crippen molar-refractivity contribution < 1.29 is 12.8 Å².